The van der Waals surface area contributed by atoms with E-state index in [9.17, 15) is 4.79 Å². The Kier molecular flexibility index (Phi) is 3.08. The predicted molar refractivity (Wildman–Crippen MR) is 61.1 cm³/mol. The van der Waals surface area contributed by atoms with Gasteiger partial charge in [0.1, 0.15) is 5.82 Å². The number of aryl methyl sites for hydroxylation is 1. The second-order valence-electron chi connectivity index (χ2n) is 4.25. The Morgan fingerprint density at radius 1 is 1.56 bits per heavy atom. The Bertz CT molecular complexity index is 386. The van der Waals surface area contributed by atoms with Crippen LogP contribution in [0, 0.1) is 12.8 Å². The van der Waals surface area contributed by atoms with Crippen molar-refractivity contribution in [2.45, 2.75) is 25.8 Å². The van der Waals surface area contributed by atoms with Crippen LogP contribution >= 0.6 is 0 Å². The van der Waals surface area contributed by atoms with Crippen LogP contribution in [0.5, 0.6) is 0 Å². The van der Waals surface area contributed by atoms with Gasteiger partial charge < -0.3 is 10.1 Å². The average molecular weight is 220 g/mol. The monoisotopic (exact) mass is 220 g/mol. The topological polar surface area (TPSA) is 51.2 Å². The van der Waals surface area contributed by atoms with Crippen molar-refractivity contribution in [3.8, 4) is 0 Å². The SMILES string of the molecule is COC(=O)C1CC(Nc2cc(C)ccn2)C1. The van der Waals surface area contributed by atoms with Crippen LogP contribution < -0.4 is 5.32 Å². The van der Waals surface area contributed by atoms with Gasteiger partial charge in [0.25, 0.3) is 0 Å². The summed E-state index contributed by atoms with van der Waals surface area (Å²) in [4.78, 5) is 15.4. The molecule has 1 saturated carbocycles. The molecule has 0 amide bonds. The number of anilines is 1. The normalized spacial score (nSPS) is 23.4. The summed E-state index contributed by atoms with van der Waals surface area (Å²) in [5, 5.41) is 3.31. The zero-order valence-corrected chi connectivity index (χ0v) is 9.56. The molecule has 2 rings (SSSR count). The molecule has 86 valence electrons. The highest BCUT2D eigenvalue weighted by molar-refractivity contribution is 5.73. The van der Waals surface area contributed by atoms with Gasteiger partial charge in [0.2, 0.25) is 0 Å². The lowest BCUT2D eigenvalue weighted by Crippen LogP contribution is -2.40. The van der Waals surface area contributed by atoms with E-state index in [1.165, 1.54) is 12.7 Å². The molecule has 0 aliphatic heterocycles. The number of esters is 1. The Labute approximate surface area is 95.0 Å². The summed E-state index contributed by atoms with van der Waals surface area (Å²) >= 11 is 0. The summed E-state index contributed by atoms with van der Waals surface area (Å²) in [6.07, 6.45) is 3.46. The number of carbonyl (C=O) groups excluding carboxylic acids is 1. The molecule has 1 fully saturated rings. The molecule has 0 bridgehead atoms. The molecular weight excluding hydrogens is 204 g/mol. The number of methoxy groups -OCH3 is 1. The van der Waals surface area contributed by atoms with E-state index in [1.807, 2.05) is 19.1 Å². The summed E-state index contributed by atoms with van der Waals surface area (Å²) in [5.74, 6) is 0.843. The van der Waals surface area contributed by atoms with Crippen LogP contribution in [0.25, 0.3) is 0 Å². The highest BCUT2D eigenvalue weighted by Gasteiger charge is 2.35. The van der Waals surface area contributed by atoms with Crippen LogP contribution in [-0.4, -0.2) is 24.1 Å². The molecule has 1 aliphatic carbocycles. The minimum absolute atomic E-state index is 0.0623. The first-order valence-electron chi connectivity index (χ1n) is 5.46. The van der Waals surface area contributed by atoms with Crippen LogP contribution in [0.4, 0.5) is 5.82 Å². The Hall–Kier alpha value is -1.58. The van der Waals surface area contributed by atoms with E-state index in [0.717, 1.165) is 18.7 Å². The van der Waals surface area contributed by atoms with Crippen molar-refractivity contribution in [3.63, 3.8) is 0 Å². The van der Waals surface area contributed by atoms with Gasteiger partial charge in [-0.2, -0.15) is 0 Å². The van der Waals surface area contributed by atoms with E-state index in [1.54, 1.807) is 6.20 Å². The largest absolute Gasteiger partial charge is 0.469 e. The molecule has 4 nitrogen and oxygen atoms in total. The number of carbonyl (C=O) groups is 1. The minimum atomic E-state index is -0.102. The van der Waals surface area contributed by atoms with Gasteiger partial charge in [0.15, 0.2) is 0 Å². The second-order valence-corrected chi connectivity index (χ2v) is 4.25. The minimum Gasteiger partial charge on any atom is -0.469 e. The fraction of sp³-hybridized carbons (Fsp3) is 0.500. The molecule has 1 aromatic heterocycles. The Morgan fingerprint density at radius 2 is 2.31 bits per heavy atom. The third kappa shape index (κ3) is 2.32. The molecule has 0 unspecified atom stereocenters. The van der Waals surface area contributed by atoms with Gasteiger partial charge in [-0.05, 0) is 37.5 Å². The van der Waals surface area contributed by atoms with Gasteiger partial charge >= 0.3 is 5.97 Å². The molecule has 0 spiro atoms. The number of hydrogen-bond acceptors (Lipinski definition) is 4. The third-order valence-electron chi connectivity index (χ3n) is 2.94. The first-order chi connectivity index (χ1) is 7.69. The number of hydrogen-bond donors (Lipinski definition) is 1. The van der Waals surface area contributed by atoms with Crippen LogP contribution in [0.2, 0.25) is 0 Å². The quantitative estimate of drug-likeness (QED) is 0.788. The molecule has 1 N–H and O–H groups in total. The van der Waals surface area contributed by atoms with E-state index in [4.69, 9.17) is 0 Å². The molecule has 16 heavy (non-hydrogen) atoms. The van der Waals surface area contributed by atoms with Crippen molar-refractivity contribution in [3.05, 3.63) is 23.9 Å². The average Bonchev–Trinajstić information content (AvgIpc) is 2.22. The van der Waals surface area contributed by atoms with E-state index in [-0.39, 0.29) is 11.9 Å². The second kappa shape index (κ2) is 4.51. The van der Waals surface area contributed by atoms with Gasteiger partial charge in [-0.25, -0.2) is 4.98 Å². The van der Waals surface area contributed by atoms with Gasteiger partial charge in [0.05, 0.1) is 13.0 Å². The molecule has 0 aromatic carbocycles. The van der Waals surface area contributed by atoms with E-state index < -0.39 is 0 Å². The van der Waals surface area contributed by atoms with E-state index >= 15 is 0 Å². The lowest BCUT2D eigenvalue weighted by Gasteiger charge is -2.34. The van der Waals surface area contributed by atoms with Gasteiger partial charge in [0, 0.05) is 12.2 Å². The van der Waals surface area contributed by atoms with Crippen molar-refractivity contribution in [1.82, 2.24) is 4.98 Å². The number of ether oxygens (including phenoxy) is 1. The number of nitrogens with zero attached hydrogens (tertiary/aromatic N) is 1. The van der Waals surface area contributed by atoms with Crippen molar-refractivity contribution in [2.24, 2.45) is 5.92 Å². The summed E-state index contributed by atoms with van der Waals surface area (Å²) in [6.45, 7) is 2.03. The van der Waals surface area contributed by atoms with Crippen LogP contribution in [0.3, 0.4) is 0 Å². The summed E-state index contributed by atoms with van der Waals surface area (Å²) in [6, 6.07) is 4.31. The van der Waals surface area contributed by atoms with E-state index in [0.29, 0.717) is 6.04 Å². The molecule has 1 heterocycles. The number of pyridine rings is 1. The molecule has 4 heteroatoms. The first-order valence-corrected chi connectivity index (χ1v) is 5.46. The third-order valence-corrected chi connectivity index (χ3v) is 2.94. The van der Waals surface area contributed by atoms with E-state index in [2.05, 4.69) is 15.0 Å². The summed E-state index contributed by atoms with van der Waals surface area (Å²) in [5.41, 5.74) is 1.18. The van der Waals surface area contributed by atoms with Crippen molar-refractivity contribution in [2.75, 3.05) is 12.4 Å². The highest BCUT2D eigenvalue weighted by atomic mass is 16.5. The first kappa shape index (κ1) is 10.9. The maximum absolute atomic E-state index is 11.2. The van der Waals surface area contributed by atoms with Crippen molar-refractivity contribution >= 4 is 11.8 Å². The Morgan fingerprint density at radius 3 is 2.94 bits per heavy atom. The van der Waals surface area contributed by atoms with Gasteiger partial charge in [-0.1, -0.05) is 0 Å². The smallest absolute Gasteiger partial charge is 0.308 e. The standard InChI is InChI=1S/C12H16N2O2/c1-8-3-4-13-11(5-8)14-10-6-9(7-10)12(15)16-2/h3-5,9-10H,6-7H2,1-2H3,(H,13,14). The summed E-state index contributed by atoms with van der Waals surface area (Å²) < 4.78 is 4.69. The summed E-state index contributed by atoms with van der Waals surface area (Å²) in [7, 11) is 1.44. The molecule has 0 saturated heterocycles. The van der Waals surface area contributed by atoms with Crippen molar-refractivity contribution in [1.29, 1.82) is 0 Å². The lowest BCUT2D eigenvalue weighted by atomic mass is 9.80. The number of aromatic nitrogens is 1. The van der Waals surface area contributed by atoms with Gasteiger partial charge in [-0.15, -0.1) is 0 Å². The lowest BCUT2D eigenvalue weighted by molar-refractivity contribution is -0.148. The van der Waals surface area contributed by atoms with Gasteiger partial charge in [-0.3, -0.25) is 4.79 Å². The fourth-order valence-electron chi connectivity index (χ4n) is 1.92. The molecule has 0 atom stereocenters. The van der Waals surface area contributed by atoms with Crippen molar-refractivity contribution < 1.29 is 9.53 Å². The zero-order chi connectivity index (χ0) is 11.5. The molecule has 0 radical (unpaired) electrons. The maximum atomic E-state index is 11.2. The highest BCUT2D eigenvalue weighted by Crippen LogP contribution is 2.30. The number of nitrogens with one attached hydrogen (secondary N) is 1. The number of rotatable bonds is 3. The molecule has 1 aromatic rings. The maximum Gasteiger partial charge on any atom is 0.308 e. The molecular formula is C12H16N2O2. The van der Waals surface area contributed by atoms with Crippen LogP contribution in [0.1, 0.15) is 18.4 Å². The van der Waals surface area contributed by atoms with Crippen LogP contribution in [-0.2, 0) is 9.53 Å². The zero-order valence-electron chi connectivity index (χ0n) is 9.56. The molecule has 1 aliphatic rings. The Balaban J connectivity index is 1.84. The predicted octanol–water partition coefficient (Wildman–Crippen LogP) is 1.75. The fourth-order valence-corrected chi connectivity index (χ4v) is 1.92. The van der Waals surface area contributed by atoms with Crippen LogP contribution in [0.15, 0.2) is 18.3 Å².